The molecule has 0 bridgehead atoms. The van der Waals surface area contributed by atoms with Gasteiger partial charge in [0.15, 0.2) is 5.82 Å². The molecule has 1 unspecified atom stereocenters. The van der Waals surface area contributed by atoms with E-state index in [1.54, 1.807) is 24.0 Å². The van der Waals surface area contributed by atoms with Gasteiger partial charge in [0.2, 0.25) is 5.89 Å². The average Bonchev–Trinajstić information content (AvgIpc) is 3.01. The number of amides is 1. The van der Waals surface area contributed by atoms with Crippen molar-refractivity contribution >= 4 is 11.6 Å². The zero-order chi connectivity index (χ0) is 16.4. The maximum Gasteiger partial charge on any atom is 0.282 e. The Bertz CT molecular complexity index is 743. The van der Waals surface area contributed by atoms with Crippen LogP contribution in [-0.4, -0.2) is 39.0 Å². The molecule has 1 aliphatic rings. The summed E-state index contributed by atoms with van der Waals surface area (Å²) in [4.78, 5) is 29.1. The van der Waals surface area contributed by atoms with E-state index in [4.69, 9.17) is 4.52 Å². The fourth-order valence-electron chi connectivity index (χ4n) is 2.83. The van der Waals surface area contributed by atoms with Crippen molar-refractivity contribution in [2.45, 2.75) is 25.7 Å². The smallest absolute Gasteiger partial charge is 0.282 e. The van der Waals surface area contributed by atoms with E-state index in [0.717, 1.165) is 12.8 Å². The van der Waals surface area contributed by atoms with Gasteiger partial charge in [0, 0.05) is 19.2 Å². The molecule has 1 aromatic carbocycles. The number of nitro benzene ring substituents is 1. The number of hydrogen-bond donors (Lipinski definition) is 0. The fourth-order valence-corrected chi connectivity index (χ4v) is 2.83. The van der Waals surface area contributed by atoms with E-state index in [0.29, 0.717) is 24.8 Å². The lowest BCUT2D eigenvalue weighted by Gasteiger charge is -2.30. The van der Waals surface area contributed by atoms with E-state index in [9.17, 15) is 14.9 Å². The molecular weight excluding hydrogens is 300 g/mol. The van der Waals surface area contributed by atoms with Crippen LogP contribution in [0.5, 0.6) is 0 Å². The lowest BCUT2D eigenvalue weighted by molar-refractivity contribution is -0.385. The summed E-state index contributed by atoms with van der Waals surface area (Å²) in [6, 6.07) is 6.01. The molecule has 3 rings (SSSR count). The van der Waals surface area contributed by atoms with Crippen LogP contribution < -0.4 is 0 Å². The molecule has 8 heteroatoms. The fraction of sp³-hybridized carbons (Fsp3) is 0.400. The topological polar surface area (TPSA) is 102 Å². The minimum absolute atomic E-state index is 0.0309. The number of nitrogens with zero attached hydrogens (tertiary/aromatic N) is 4. The number of aryl methyl sites for hydroxylation is 1. The van der Waals surface area contributed by atoms with Crippen LogP contribution in [0.4, 0.5) is 5.69 Å². The molecule has 2 heterocycles. The summed E-state index contributed by atoms with van der Waals surface area (Å²) in [5.74, 6) is 0.708. The summed E-state index contributed by atoms with van der Waals surface area (Å²) in [5, 5.41) is 14.9. The molecule has 1 saturated heterocycles. The Kier molecular flexibility index (Phi) is 4.05. The molecular formula is C15H16N4O4. The molecule has 1 atom stereocenters. The first-order valence-corrected chi connectivity index (χ1v) is 7.39. The maximum atomic E-state index is 12.7. The van der Waals surface area contributed by atoms with E-state index < -0.39 is 4.92 Å². The molecule has 0 saturated carbocycles. The summed E-state index contributed by atoms with van der Waals surface area (Å²) >= 11 is 0. The van der Waals surface area contributed by atoms with Crippen molar-refractivity contribution in [2.24, 2.45) is 0 Å². The van der Waals surface area contributed by atoms with E-state index in [1.807, 2.05) is 0 Å². The first-order valence-electron chi connectivity index (χ1n) is 7.39. The second-order valence-electron chi connectivity index (χ2n) is 5.54. The predicted molar refractivity (Wildman–Crippen MR) is 80.0 cm³/mol. The first kappa shape index (κ1) is 15.1. The quantitative estimate of drug-likeness (QED) is 0.636. The Morgan fingerprint density at radius 3 is 2.91 bits per heavy atom. The Hall–Kier alpha value is -2.77. The van der Waals surface area contributed by atoms with Crippen molar-refractivity contribution in [3.63, 3.8) is 0 Å². The minimum Gasteiger partial charge on any atom is -0.339 e. The number of nitro groups is 1. The minimum atomic E-state index is -0.532. The number of para-hydroxylation sites is 1. The van der Waals surface area contributed by atoms with Crippen molar-refractivity contribution in [3.8, 4) is 0 Å². The van der Waals surface area contributed by atoms with Crippen LogP contribution in [0.3, 0.4) is 0 Å². The van der Waals surface area contributed by atoms with E-state index >= 15 is 0 Å². The molecule has 1 fully saturated rings. The van der Waals surface area contributed by atoms with Crippen LogP contribution in [-0.2, 0) is 0 Å². The Labute approximate surface area is 132 Å². The summed E-state index contributed by atoms with van der Waals surface area (Å²) in [5.41, 5.74) is -0.0619. The SMILES string of the molecule is Cc1noc(C2CCCN(C(=O)c3ccccc3[N+](=O)[O-])C2)n1. The van der Waals surface area contributed by atoms with Gasteiger partial charge in [-0.05, 0) is 25.8 Å². The molecule has 120 valence electrons. The number of rotatable bonds is 3. The van der Waals surface area contributed by atoms with Gasteiger partial charge in [0.05, 0.1) is 10.8 Å². The van der Waals surface area contributed by atoms with E-state index in [2.05, 4.69) is 10.1 Å². The van der Waals surface area contributed by atoms with Crippen molar-refractivity contribution in [1.82, 2.24) is 15.0 Å². The van der Waals surface area contributed by atoms with Gasteiger partial charge >= 0.3 is 0 Å². The molecule has 0 N–H and O–H groups in total. The molecule has 23 heavy (non-hydrogen) atoms. The highest BCUT2D eigenvalue weighted by Gasteiger charge is 2.31. The van der Waals surface area contributed by atoms with E-state index in [1.165, 1.54) is 12.1 Å². The maximum absolute atomic E-state index is 12.7. The molecule has 2 aromatic rings. The molecule has 1 aliphatic heterocycles. The zero-order valence-electron chi connectivity index (χ0n) is 12.6. The van der Waals surface area contributed by atoms with Gasteiger partial charge < -0.3 is 9.42 Å². The molecule has 1 aromatic heterocycles. The third-order valence-electron chi connectivity index (χ3n) is 3.93. The Morgan fingerprint density at radius 2 is 2.22 bits per heavy atom. The highest BCUT2D eigenvalue weighted by molar-refractivity contribution is 5.98. The summed E-state index contributed by atoms with van der Waals surface area (Å²) in [7, 11) is 0. The van der Waals surface area contributed by atoms with Gasteiger partial charge in [-0.25, -0.2) is 0 Å². The van der Waals surface area contributed by atoms with Crippen LogP contribution in [0.15, 0.2) is 28.8 Å². The third-order valence-corrected chi connectivity index (χ3v) is 3.93. The highest BCUT2D eigenvalue weighted by atomic mass is 16.6. The van der Waals surface area contributed by atoms with Gasteiger partial charge in [-0.1, -0.05) is 17.3 Å². The van der Waals surface area contributed by atoms with Gasteiger partial charge in [-0.15, -0.1) is 0 Å². The van der Waals surface area contributed by atoms with Gasteiger partial charge in [-0.2, -0.15) is 4.98 Å². The second kappa shape index (κ2) is 6.15. The monoisotopic (exact) mass is 316 g/mol. The van der Waals surface area contributed by atoms with Crippen molar-refractivity contribution in [1.29, 1.82) is 0 Å². The number of likely N-dealkylation sites (tertiary alicyclic amines) is 1. The zero-order valence-corrected chi connectivity index (χ0v) is 12.6. The predicted octanol–water partition coefficient (Wildman–Crippen LogP) is 2.31. The standard InChI is InChI=1S/C15H16N4O4/c1-10-16-14(23-17-10)11-5-4-8-18(9-11)15(20)12-6-2-3-7-13(12)19(21)22/h2-3,6-7,11H,4-5,8-9H2,1H3. The molecule has 1 amide bonds. The third kappa shape index (κ3) is 3.05. The highest BCUT2D eigenvalue weighted by Crippen LogP contribution is 2.28. The Balaban J connectivity index is 1.81. The second-order valence-corrected chi connectivity index (χ2v) is 5.54. The number of aromatic nitrogens is 2. The molecule has 0 aliphatic carbocycles. The average molecular weight is 316 g/mol. The van der Waals surface area contributed by atoms with Crippen molar-refractivity contribution in [3.05, 3.63) is 51.7 Å². The van der Waals surface area contributed by atoms with E-state index in [-0.39, 0.29) is 23.1 Å². The van der Waals surface area contributed by atoms with Crippen molar-refractivity contribution in [2.75, 3.05) is 13.1 Å². The lowest BCUT2D eigenvalue weighted by Crippen LogP contribution is -2.39. The molecule has 0 radical (unpaired) electrons. The van der Waals surface area contributed by atoms with Gasteiger partial charge in [0.1, 0.15) is 5.56 Å². The molecule has 8 nitrogen and oxygen atoms in total. The largest absolute Gasteiger partial charge is 0.339 e. The summed E-state index contributed by atoms with van der Waals surface area (Å²) in [6.45, 7) is 2.73. The van der Waals surface area contributed by atoms with Crippen molar-refractivity contribution < 1.29 is 14.2 Å². The number of benzene rings is 1. The van der Waals surface area contributed by atoms with Gasteiger partial charge in [0.25, 0.3) is 11.6 Å². The number of piperidine rings is 1. The number of carbonyl (C=O) groups excluding carboxylic acids is 1. The number of carbonyl (C=O) groups is 1. The van der Waals surface area contributed by atoms with Crippen LogP contribution in [0, 0.1) is 17.0 Å². The lowest BCUT2D eigenvalue weighted by atomic mass is 9.97. The van der Waals surface area contributed by atoms with Crippen LogP contribution in [0.1, 0.15) is 40.8 Å². The first-order chi connectivity index (χ1) is 11.1. The van der Waals surface area contributed by atoms with Crippen LogP contribution >= 0.6 is 0 Å². The number of hydrogen-bond acceptors (Lipinski definition) is 6. The summed E-state index contributed by atoms with van der Waals surface area (Å²) in [6.07, 6.45) is 1.64. The molecule has 0 spiro atoms. The Morgan fingerprint density at radius 1 is 1.43 bits per heavy atom. The normalized spacial score (nSPS) is 18.0. The summed E-state index contributed by atoms with van der Waals surface area (Å²) < 4.78 is 5.19. The van der Waals surface area contributed by atoms with Crippen LogP contribution in [0.25, 0.3) is 0 Å². The van der Waals surface area contributed by atoms with Gasteiger partial charge in [-0.3, -0.25) is 14.9 Å². The van der Waals surface area contributed by atoms with Crippen LogP contribution in [0.2, 0.25) is 0 Å².